The zero-order valence-electron chi connectivity index (χ0n) is 8.91. The van der Waals surface area contributed by atoms with Crippen molar-refractivity contribution in [3.63, 3.8) is 0 Å². The van der Waals surface area contributed by atoms with E-state index in [9.17, 15) is 4.79 Å². The van der Waals surface area contributed by atoms with Gasteiger partial charge in [-0.15, -0.1) is 0 Å². The van der Waals surface area contributed by atoms with Gasteiger partial charge in [-0.3, -0.25) is 0 Å². The Kier molecular flexibility index (Phi) is 3.49. The van der Waals surface area contributed by atoms with Crippen molar-refractivity contribution in [2.75, 3.05) is 5.73 Å². The van der Waals surface area contributed by atoms with Gasteiger partial charge in [-0.25, -0.2) is 4.79 Å². The molecule has 3 nitrogen and oxygen atoms in total. The normalized spacial score (nSPS) is 16.3. The molecule has 0 amide bonds. The first kappa shape index (κ1) is 11.5. The van der Waals surface area contributed by atoms with Crippen molar-refractivity contribution in [3.05, 3.63) is 28.2 Å². The number of benzene rings is 1. The van der Waals surface area contributed by atoms with E-state index >= 15 is 0 Å². The Bertz CT molecular complexity index is 400. The molecule has 4 heteroatoms. The van der Waals surface area contributed by atoms with E-state index in [2.05, 4.69) is 15.9 Å². The molecule has 1 fully saturated rings. The van der Waals surface area contributed by atoms with Gasteiger partial charge in [-0.2, -0.15) is 0 Å². The lowest BCUT2D eigenvalue weighted by molar-refractivity contribution is 0.0319. The first-order valence-electron chi connectivity index (χ1n) is 5.43. The Morgan fingerprint density at radius 3 is 2.75 bits per heavy atom. The first-order chi connectivity index (χ1) is 7.68. The molecule has 1 aliphatic rings. The van der Waals surface area contributed by atoms with Crippen molar-refractivity contribution in [1.82, 2.24) is 0 Å². The van der Waals surface area contributed by atoms with Crippen LogP contribution in [-0.2, 0) is 4.74 Å². The summed E-state index contributed by atoms with van der Waals surface area (Å²) >= 11 is 3.29. The van der Waals surface area contributed by atoms with Crippen LogP contribution in [0.1, 0.15) is 36.0 Å². The fourth-order valence-corrected chi connectivity index (χ4v) is 2.30. The fraction of sp³-hybridized carbons (Fsp3) is 0.417. The molecule has 16 heavy (non-hydrogen) atoms. The highest BCUT2D eigenvalue weighted by atomic mass is 79.9. The molecule has 1 aromatic carbocycles. The Labute approximate surface area is 103 Å². The second-order valence-corrected chi connectivity index (χ2v) is 4.87. The van der Waals surface area contributed by atoms with E-state index in [1.54, 1.807) is 12.1 Å². The number of halogens is 1. The van der Waals surface area contributed by atoms with Crippen molar-refractivity contribution in [2.45, 2.75) is 31.8 Å². The van der Waals surface area contributed by atoms with Crippen LogP contribution in [0.3, 0.4) is 0 Å². The summed E-state index contributed by atoms with van der Waals surface area (Å²) in [5.41, 5.74) is 6.71. The smallest absolute Gasteiger partial charge is 0.340 e. The van der Waals surface area contributed by atoms with Gasteiger partial charge in [0.2, 0.25) is 0 Å². The molecule has 0 bridgehead atoms. The minimum Gasteiger partial charge on any atom is -0.459 e. The average molecular weight is 284 g/mol. The fourth-order valence-electron chi connectivity index (χ4n) is 1.94. The summed E-state index contributed by atoms with van der Waals surface area (Å²) in [5, 5.41) is 0. The SMILES string of the molecule is Nc1c(Br)cccc1C(=O)OC1CCCC1. The van der Waals surface area contributed by atoms with Crippen LogP contribution >= 0.6 is 15.9 Å². The predicted molar refractivity (Wildman–Crippen MR) is 66.2 cm³/mol. The molecule has 2 rings (SSSR count). The highest BCUT2D eigenvalue weighted by Crippen LogP contribution is 2.26. The number of nitrogens with two attached hydrogens (primary N) is 1. The van der Waals surface area contributed by atoms with E-state index in [0.29, 0.717) is 11.3 Å². The lowest BCUT2D eigenvalue weighted by Gasteiger charge is -2.12. The van der Waals surface area contributed by atoms with Crippen LogP contribution in [0.4, 0.5) is 5.69 Å². The number of hydrogen-bond donors (Lipinski definition) is 1. The molecule has 0 heterocycles. The minimum atomic E-state index is -0.314. The maximum Gasteiger partial charge on any atom is 0.340 e. The molecule has 0 saturated heterocycles. The number of ether oxygens (including phenoxy) is 1. The summed E-state index contributed by atoms with van der Waals surface area (Å²) < 4.78 is 6.12. The lowest BCUT2D eigenvalue weighted by atomic mass is 10.2. The predicted octanol–water partition coefficient (Wildman–Crippen LogP) is 3.13. The number of carbonyl (C=O) groups excluding carboxylic acids is 1. The molecule has 2 N–H and O–H groups in total. The number of para-hydroxylation sites is 1. The average Bonchev–Trinajstić information content (AvgIpc) is 2.74. The summed E-state index contributed by atoms with van der Waals surface area (Å²) in [7, 11) is 0. The minimum absolute atomic E-state index is 0.0749. The van der Waals surface area contributed by atoms with Crippen LogP contribution in [0.2, 0.25) is 0 Å². The zero-order chi connectivity index (χ0) is 11.5. The molecule has 1 saturated carbocycles. The molecule has 0 atom stereocenters. The monoisotopic (exact) mass is 283 g/mol. The Morgan fingerprint density at radius 1 is 1.38 bits per heavy atom. The van der Waals surface area contributed by atoms with Gasteiger partial charge < -0.3 is 10.5 Å². The van der Waals surface area contributed by atoms with E-state index in [1.807, 2.05) is 6.07 Å². The van der Waals surface area contributed by atoms with Crippen molar-refractivity contribution < 1.29 is 9.53 Å². The van der Waals surface area contributed by atoms with Crippen LogP contribution in [0.5, 0.6) is 0 Å². The molecular formula is C12H14BrNO2. The molecule has 0 radical (unpaired) electrons. The Hall–Kier alpha value is -1.03. The maximum atomic E-state index is 11.9. The summed E-state index contributed by atoms with van der Waals surface area (Å²) in [5.74, 6) is -0.314. The molecular weight excluding hydrogens is 270 g/mol. The quantitative estimate of drug-likeness (QED) is 0.670. The lowest BCUT2D eigenvalue weighted by Crippen LogP contribution is -2.16. The van der Waals surface area contributed by atoms with E-state index < -0.39 is 0 Å². The van der Waals surface area contributed by atoms with Gasteiger partial charge in [0.25, 0.3) is 0 Å². The van der Waals surface area contributed by atoms with Crippen LogP contribution in [0, 0.1) is 0 Å². The van der Waals surface area contributed by atoms with Gasteiger partial charge in [0.05, 0.1) is 11.3 Å². The van der Waals surface area contributed by atoms with Crippen LogP contribution in [0.15, 0.2) is 22.7 Å². The molecule has 0 aromatic heterocycles. The largest absolute Gasteiger partial charge is 0.459 e. The van der Waals surface area contributed by atoms with E-state index in [-0.39, 0.29) is 12.1 Å². The van der Waals surface area contributed by atoms with Gasteiger partial charge in [0.15, 0.2) is 0 Å². The number of esters is 1. The topological polar surface area (TPSA) is 52.3 Å². The summed E-state index contributed by atoms with van der Waals surface area (Å²) in [6.45, 7) is 0. The van der Waals surface area contributed by atoms with Crippen LogP contribution < -0.4 is 5.73 Å². The molecule has 1 aliphatic carbocycles. The van der Waals surface area contributed by atoms with Gasteiger partial charge in [0, 0.05) is 4.47 Å². The Balaban J connectivity index is 2.11. The summed E-state index contributed by atoms with van der Waals surface area (Å²) in [6.07, 6.45) is 4.31. The maximum absolute atomic E-state index is 11.9. The first-order valence-corrected chi connectivity index (χ1v) is 6.23. The molecule has 86 valence electrons. The van der Waals surface area contributed by atoms with Gasteiger partial charge >= 0.3 is 5.97 Å². The summed E-state index contributed by atoms with van der Waals surface area (Å²) in [6, 6.07) is 5.28. The zero-order valence-corrected chi connectivity index (χ0v) is 10.5. The van der Waals surface area contributed by atoms with Crippen LogP contribution in [-0.4, -0.2) is 12.1 Å². The van der Waals surface area contributed by atoms with Gasteiger partial charge in [-0.05, 0) is 53.7 Å². The number of rotatable bonds is 2. The number of hydrogen-bond acceptors (Lipinski definition) is 3. The number of nitrogen functional groups attached to an aromatic ring is 1. The van der Waals surface area contributed by atoms with E-state index in [0.717, 1.165) is 30.2 Å². The molecule has 0 spiro atoms. The van der Waals surface area contributed by atoms with Gasteiger partial charge in [0.1, 0.15) is 6.10 Å². The van der Waals surface area contributed by atoms with Crippen molar-refractivity contribution in [1.29, 1.82) is 0 Å². The highest BCUT2D eigenvalue weighted by molar-refractivity contribution is 9.10. The number of carbonyl (C=O) groups is 1. The molecule has 0 unspecified atom stereocenters. The van der Waals surface area contributed by atoms with Crippen molar-refractivity contribution in [2.24, 2.45) is 0 Å². The summed E-state index contributed by atoms with van der Waals surface area (Å²) in [4.78, 5) is 11.9. The third-order valence-electron chi connectivity index (χ3n) is 2.85. The molecule has 0 aliphatic heterocycles. The molecule has 1 aromatic rings. The Morgan fingerprint density at radius 2 is 2.06 bits per heavy atom. The number of anilines is 1. The van der Waals surface area contributed by atoms with Crippen LogP contribution in [0.25, 0.3) is 0 Å². The standard InChI is InChI=1S/C12H14BrNO2/c13-10-7-3-6-9(11(10)14)12(15)16-8-4-1-2-5-8/h3,6-8H,1-2,4-5,14H2. The second kappa shape index (κ2) is 4.87. The van der Waals surface area contributed by atoms with Crippen molar-refractivity contribution >= 4 is 27.6 Å². The van der Waals surface area contributed by atoms with E-state index in [1.165, 1.54) is 0 Å². The highest BCUT2D eigenvalue weighted by Gasteiger charge is 2.21. The van der Waals surface area contributed by atoms with Gasteiger partial charge in [-0.1, -0.05) is 6.07 Å². The third kappa shape index (κ3) is 2.38. The third-order valence-corrected chi connectivity index (χ3v) is 3.54. The van der Waals surface area contributed by atoms with E-state index in [4.69, 9.17) is 10.5 Å². The second-order valence-electron chi connectivity index (χ2n) is 4.01. The van der Waals surface area contributed by atoms with Crippen molar-refractivity contribution in [3.8, 4) is 0 Å².